The van der Waals surface area contributed by atoms with Gasteiger partial charge in [0, 0.05) is 6.54 Å². The molecule has 0 aromatic rings. The molecule has 0 amide bonds. The number of likely N-dealkylation sites (N-methyl/N-ethyl adjacent to an activating group) is 1. The van der Waals surface area contributed by atoms with Gasteiger partial charge in [0.05, 0.1) is 0 Å². The Balaban J connectivity index is 0.000000771. The molecule has 0 spiro atoms. The van der Waals surface area contributed by atoms with Gasteiger partial charge in [-0.25, -0.2) is 0 Å². The van der Waals surface area contributed by atoms with E-state index >= 15 is 0 Å². The predicted octanol–water partition coefficient (Wildman–Crippen LogP) is 4.58. The number of rotatable bonds is 2. The summed E-state index contributed by atoms with van der Waals surface area (Å²) >= 11 is 0. The van der Waals surface area contributed by atoms with Crippen molar-refractivity contribution in [2.24, 2.45) is 5.92 Å². The summed E-state index contributed by atoms with van der Waals surface area (Å²) < 4.78 is 0. The van der Waals surface area contributed by atoms with Gasteiger partial charge in [-0.05, 0) is 49.4 Å². The zero-order valence-electron chi connectivity index (χ0n) is 12.6. The average molecular weight is 247 g/mol. The van der Waals surface area contributed by atoms with Gasteiger partial charge in [0.15, 0.2) is 0 Å². The van der Waals surface area contributed by atoms with E-state index in [2.05, 4.69) is 43.1 Å². The zero-order valence-corrected chi connectivity index (χ0v) is 12.6. The van der Waals surface area contributed by atoms with E-state index in [0.29, 0.717) is 5.92 Å². The maximum atomic E-state index is 2.52. The van der Waals surface area contributed by atoms with Crippen molar-refractivity contribution in [3.8, 4) is 0 Å². The first-order valence-corrected chi connectivity index (χ1v) is 7.59. The van der Waals surface area contributed by atoms with Gasteiger partial charge in [0.25, 0.3) is 0 Å². The van der Waals surface area contributed by atoms with Gasteiger partial charge in [-0.1, -0.05) is 52.0 Å². The molecule has 1 nitrogen and oxygen atoms in total. The van der Waals surface area contributed by atoms with Crippen LogP contribution in [0.3, 0.4) is 0 Å². The molecule has 1 atom stereocenters. The summed E-state index contributed by atoms with van der Waals surface area (Å²) in [6, 6.07) is 0. The molecular formula is C17H29N. The third-order valence-electron chi connectivity index (χ3n) is 3.60. The Hall–Kier alpha value is -0.820. The lowest BCUT2D eigenvalue weighted by Crippen LogP contribution is -2.23. The highest BCUT2D eigenvalue weighted by Crippen LogP contribution is 2.26. The van der Waals surface area contributed by atoms with Crippen molar-refractivity contribution < 1.29 is 0 Å². The first kappa shape index (κ1) is 15.2. The largest absolute Gasteiger partial charge is 0.300 e. The lowest BCUT2D eigenvalue weighted by molar-refractivity contribution is 0.321. The van der Waals surface area contributed by atoms with E-state index in [4.69, 9.17) is 0 Å². The van der Waals surface area contributed by atoms with E-state index in [9.17, 15) is 0 Å². The van der Waals surface area contributed by atoms with Crippen LogP contribution in [0, 0.1) is 5.92 Å². The van der Waals surface area contributed by atoms with E-state index in [0.717, 1.165) is 6.54 Å². The molecule has 102 valence electrons. The second-order valence-corrected chi connectivity index (χ2v) is 4.96. The smallest absolute Gasteiger partial charge is 0.0169 e. The molecular weight excluding hydrogens is 218 g/mol. The quantitative estimate of drug-likeness (QED) is 0.690. The number of hydrogen-bond acceptors (Lipinski definition) is 1. The first-order chi connectivity index (χ1) is 8.79. The molecule has 0 bridgehead atoms. The first-order valence-electron chi connectivity index (χ1n) is 7.59. The lowest BCUT2D eigenvalue weighted by atomic mass is 9.91. The molecule has 1 heterocycles. The van der Waals surface area contributed by atoms with E-state index in [1.54, 1.807) is 5.57 Å². The Morgan fingerprint density at radius 1 is 1.33 bits per heavy atom. The highest BCUT2D eigenvalue weighted by atomic mass is 15.1. The van der Waals surface area contributed by atoms with Crippen LogP contribution >= 0.6 is 0 Å². The number of nitrogens with zero attached hydrogens (tertiary/aromatic N) is 1. The molecule has 0 saturated carbocycles. The Bertz CT molecular complexity index is 323. The number of hydrogen-bond donors (Lipinski definition) is 0. The Labute approximate surface area is 113 Å². The minimum absolute atomic E-state index is 0.714. The fraction of sp³-hybridized carbons (Fsp3) is 0.647. The van der Waals surface area contributed by atoms with Crippen LogP contribution < -0.4 is 0 Å². The van der Waals surface area contributed by atoms with E-state index < -0.39 is 0 Å². The van der Waals surface area contributed by atoms with Crippen molar-refractivity contribution >= 4 is 0 Å². The summed E-state index contributed by atoms with van der Waals surface area (Å²) in [6.07, 6.45) is 13.3. The minimum atomic E-state index is 0.714. The summed E-state index contributed by atoms with van der Waals surface area (Å²) in [7, 11) is 0. The maximum absolute atomic E-state index is 2.52. The van der Waals surface area contributed by atoms with Crippen molar-refractivity contribution in [1.29, 1.82) is 0 Å². The molecule has 0 fully saturated rings. The summed E-state index contributed by atoms with van der Waals surface area (Å²) in [5.41, 5.74) is 3.05. The van der Waals surface area contributed by atoms with Gasteiger partial charge in [0.2, 0.25) is 0 Å². The van der Waals surface area contributed by atoms with E-state index in [1.807, 2.05) is 13.8 Å². The zero-order chi connectivity index (χ0) is 13.4. The van der Waals surface area contributed by atoms with E-state index in [1.165, 1.54) is 37.9 Å². The monoisotopic (exact) mass is 247 g/mol. The molecule has 1 aliphatic heterocycles. The molecule has 2 aliphatic rings. The van der Waals surface area contributed by atoms with Gasteiger partial charge in [-0.2, -0.15) is 0 Å². The average Bonchev–Trinajstić information content (AvgIpc) is 2.66. The SMILES string of the molecule is CC.CCN1CC=C(C2=CC(C)CC=C2)CCC1. The van der Waals surface area contributed by atoms with Crippen molar-refractivity contribution in [3.05, 3.63) is 35.5 Å². The molecule has 1 heteroatoms. The molecule has 0 aromatic heterocycles. The van der Waals surface area contributed by atoms with Crippen LogP contribution in [0.5, 0.6) is 0 Å². The van der Waals surface area contributed by atoms with Crippen LogP contribution in [-0.4, -0.2) is 24.5 Å². The highest BCUT2D eigenvalue weighted by Gasteiger charge is 2.12. The van der Waals surface area contributed by atoms with Crippen LogP contribution in [0.2, 0.25) is 0 Å². The normalized spacial score (nSPS) is 24.6. The van der Waals surface area contributed by atoms with Gasteiger partial charge >= 0.3 is 0 Å². The fourth-order valence-electron chi connectivity index (χ4n) is 2.53. The molecule has 18 heavy (non-hydrogen) atoms. The molecule has 0 N–H and O–H groups in total. The molecule has 0 radical (unpaired) electrons. The maximum Gasteiger partial charge on any atom is 0.0169 e. The molecule has 0 saturated heterocycles. The summed E-state index contributed by atoms with van der Waals surface area (Å²) in [4.78, 5) is 2.52. The fourth-order valence-corrected chi connectivity index (χ4v) is 2.53. The topological polar surface area (TPSA) is 3.24 Å². The van der Waals surface area contributed by atoms with Gasteiger partial charge < -0.3 is 0 Å². The van der Waals surface area contributed by atoms with Crippen molar-refractivity contribution in [2.45, 2.75) is 47.0 Å². The minimum Gasteiger partial charge on any atom is -0.300 e. The van der Waals surface area contributed by atoms with Crippen LogP contribution in [0.15, 0.2) is 35.5 Å². The van der Waals surface area contributed by atoms with Crippen molar-refractivity contribution in [2.75, 3.05) is 19.6 Å². The Kier molecular flexibility index (Phi) is 7.04. The van der Waals surface area contributed by atoms with Crippen molar-refractivity contribution in [3.63, 3.8) is 0 Å². The standard InChI is InChI=1S/C15H23N.C2H6/c1-3-16-10-5-8-14(9-11-16)15-7-4-6-13(2)12-15;1-2/h4,7,9,12-13H,3,5-6,8,10-11H2,1-2H3;1-2H3. The second kappa shape index (κ2) is 8.31. The Morgan fingerprint density at radius 3 is 2.78 bits per heavy atom. The molecule has 1 aliphatic carbocycles. The van der Waals surface area contributed by atoms with Crippen LogP contribution in [0.25, 0.3) is 0 Å². The molecule has 1 unspecified atom stereocenters. The number of allylic oxidation sites excluding steroid dienone is 5. The predicted molar refractivity (Wildman–Crippen MR) is 81.8 cm³/mol. The lowest BCUT2D eigenvalue weighted by Gasteiger charge is -2.15. The van der Waals surface area contributed by atoms with Gasteiger partial charge in [-0.3, -0.25) is 4.90 Å². The third kappa shape index (κ3) is 4.45. The summed E-state index contributed by atoms with van der Waals surface area (Å²) in [5.74, 6) is 0.714. The highest BCUT2D eigenvalue weighted by molar-refractivity contribution is 5.42. The second-order valence-electron chi connectivity index (χ2n) is 4.96. The molecule has 0 aromatic carbocycles. The molecule has 2 rings (SSSR count). The van der Waals surface area contributed by atoms with Crippen molar-refractivity contribution in [1.82, 2.24) is 4.90 Å². The van der Waals surface area contributed by atoms with Gasteiger partial charge in [-0.15, -0.1) is 0 Å². The van der Waals surface area contributed by atoms with Crippen LogP contribution in [0.1, 0.15) is 47.0 Å². The van der Waals surface area contributed by atoms with E-state index in [-0.39, 0.29) is 0 Å². The Morgan fingerprint density at radius 2 is 2.11 bits per heavy atom. The third-order valence-corrected chi connectivity index (χ3v) is 3.60. The van der Waals surface area contributed by atoms with Crippen LogP contribution in [-0.2, 0) is 0 Å². The van der Waals surface area contributed by atoms with Gasteiger partial charge in [0.1, 0.15) is 0 Å². The summed E-state index contributed by atoms with van der Waals surface area (Å²) in [6.45, 7) is 12.1. The van der Waals surface area contributed by atoms with Crippen LogP contribution in [0.4, 0.5) is 0 Å². The summed E-state index contributed by atoms with van der Waals surface area (Å²) in [5, 5.41) is 0.